The van der Waals surface area contributed by atoms with Crippen molar-refractivity contribution in [3.63, 3.8) is 0 Å². The molecule has 1 amide bonds. The van der Waals surface area contributed by atoms with Gasteiger partial charge in [0, 0.05) is 31.5 Å². The Labute approximate surface area is 156 Å². The maximum atomic E-state index is 12.2. The summed E-state index contributed by atoms with van der Waals surface area (Å²) in [4.78, 5) is 16.2. The number of piperidine rings is 1. The van der Waals surface area contributed by atoms with Gasteiger partial charge in [-0.15, -0.1) is 0 Å². The number of ether oxygens (including phenoxy) is 1. The molecule has 1 N–H and O–H groups in total. The number of nitrogens with zero attached hydrogens (tertiary/aromatic N) is 2. The van der Waals surface area contributed by atoms with Gasteiger partial charge in [-0.25, -0.2) is 0 Å². The first kappa shape index (κ1) is 19.8. The number of amides is 1. The van der Waals surface area contributed by atoms with Gasteiger partial charge in [0.1, 0.15) is 6.10 Å². The van der Waals surface area contributed by atoms with Crippen LogP contribution in [0.25, 0.3) is 0 Å². The second-order valence-corrected chi connectivity index (χ2v) is 6.97. The van der Waals surface area contributed by atoms with E-state index in [1.54, 1.807) is 24.1 Å². The normalized spacial score (nSPS) is 23.4. The first-order valence-corrected chi connectivity index (χ1v) is 9.49. The molecule has 0 aromatic heterocycles. The monoisotopic (exact) mass is 363 g/mol. The highest BCUT2D eigenvalue weighted by Crippen LogP contribution is 2.30. The molecule has 2 aliphatic rings. The van der Waals surface area contributed by atoms with Crippen molar-refractivity contribution < 1.29 is 9.53 Å². The first-order valence-electron chi connectivity index (χ1n) is 8.85. The minimum Gasteiger partial charge on any atom is -0.475 e. The zero-order valence-corrected chi connectivity index (χ0v) is 15.9. The average Bonchev–Trinajstić information content (AvgIpc) is 2.63. The number of rotatable bonds is 7. The van der Waals surface area contributed by atoms with Gasteiger partial charge in [-0.2, -0.15) is 12.6 Å². The lowest BCUT2D eigenvalue weighted by atomic mass is 9.89. The van der Waals surface area contributed by atoms with Crippen LogP contribution in [0.3, 0.4) is 0 Å². The van der Waals surface area contributed by atoms with E-state index in [9.17, 15) is 4.79 Å². The van der Waals surface area contributed by atoms with E-state index in [0.29, 0.717) is 11.4 Å². The van der Waals surface area contributed by atoms with Gasteiger partial charge in [0.25, 0.3) is 0 Å². The fourth-order valence-electron chi connectivity index (χ4n) is 3.49. The molecular formula is C19H29N3O2S. The van der Waals surface area contributed by atoms with E-state index in [1.165, 1.54) is 19.3 Å². The zero-order chi connectivity index (χ0) is 18.4. The second-order valence-electron chi connectivity index (χ2n) is 6.61. The quantitative estimate of drug-likeness (QED) is 0.415. The molecule has 6 heteroatoms. The van der Waals surface area contributed by atoms with Crippen molar-refractivity contribution >= 4 is 24.4 Å². The van der Waals surface area contributed by atoms with Gasteiger partial charge in [0.2, 0.25) is 5.91 Å². The molecule has 1 saturated heterocycles. The highest BCUT2D eigenvalue weighted by molar-refractivity contribution is 7.80. The number of carbonyl (C=O) groups excluding carboxylic acids is 1. The van der Waals surface area contributed by atoms with Crippen molar-refractivity contribution in [2.45, 2.75) is 31.8 Å². The molecule has 0 saturated carbocycles. The van der Waals surface area contributed by atoms with E-state index in [0.717, 1.165) is 25.2 Å². The average molecular weight is 364 g/mol. The van der Waals surface area contributed by atoms with Crippen molar-refractivity contribution in [3.8, 4) is 0 Å². The van der Waals surface area contributed by atoms with Gasteiger partial charge in [-0.3, -0.25) is 15.1 Å². The summed E-state index contributed by atoms with van der Waals surface area (Å²) in [5.74, 6) is 0.211. The van der Waals surface area contributed by atoms with Gasteiger partial charge in [-0.05, 0) is 37.6 Å². The Morgan fingerprint density at radius 1 is 1.36 bits per heavy atom. The number of hydrogen-bond donors (Lipinski definition) is 2. The summed E-state index contributed by atoms with van der Waals surface area (Å²) < 4.78 is 5.93. The number of nitrogens with one attached hydrogen (secondary N) is 1. The van der Waals surface area contributed by atoms with Crippen LogP contribution in [0, 0.1) is 11.3 Å². The van der Waals surface area contributed by atoms with Crippen molar-refractivity contribution in [2.24, 2.45) is 5.92 Å². The highest BCUT2D eigenvalue weighted by atomic mass is 32.1. The Morgan fingerprint density at radius 3 is 2.60 bits per heavy atom. The van der Waals surface area contributed by atoms with Crippen LogP contribution < -0.4 is 0 Å². The topological polar surface area (TPSA) is 56.6 Å². The fourth-order valence-corrected chi connectivity index (χ4v) is 3.68. The van der Waals surface area contributed by atoms with Crippen LogP contribution in [0.15, 0.2) is 36.6 Å². The summed E-state index contributed by atoms with van der Waals surface area (Å²) in [5.41, 5.74) is 1.51. The van der Waals surface area contributed by atoms with E-state index in [-0.39, 0.29) is 24.3 Å². The lowest BCUT2D eigenvalue weighted by molar-refractivity contribution is -0.129. The molecule has 2 aliphatic heterocycles. The first-order chi connectivity index (χ1) is 12.0. The van der Waals surface area contributed by atoms with Crippen LogP contribution in [-0.2, 0) is 9.53 Å². The van der Waals surface area contributed by atoms with Crippen LogP contribution in [0.2, 0.25) is 0 Å². The maximum absolute atomic E-state index is 12.2. The fraction of sp³-hybridized carbons (Fsp3) is 0.579. The minimum absolute atomic E-state index is 0.0442. The number of likely N-dealkylation sites (tertiary alicyclic amines) is 1. The van der Waals surface area contributed by atoms with Crippen LogP contribution in [0.5, 0.6) is 0 Å². The van der Waals surface area contributed by atoms with Gasteiger partial charge in [0.15, 0.2) is 5.90 Å². The SMILES string of the molecule is C=CC1=C(C=C)N(C)C(=O)CC1C(=N)OC(CS)CN1CCCCC1. The number of thiol groups is 1. The highest BCUT2D eigenvalue weighted by Gasteiger charge is 2.33. The molecule has 2 atom stereocenters. The molecule has 0 aromatic carbocycles. The number of hydrogen-bond acceptors (Lipinski definition) is 5. The Balaban J connectivity index is 2.09. The van der Waals surface area contributed by atoms with Crippen LogP contribution in [0.1, 0.15) is 25.7 Å². The minimum atomic E-state index is -0.405. The molecule has 0 aliphatic carbocycles. The molecule has 0 bridgehead atoms. The molecule has 25 heavy (non-hydrogen) atoms. The maximum Gasteiger partial charge on any atom is 0.227 e. The molecule has 1 fully saturated rings. The third-order valence-corrected chi connectivity index (χ3v) is 5.33. The Morgan fingerprint density at radius 2 is 2.04 bits per heavy atom. The summed E-state index contributed by atoms with van der Waals surface area (Å²) in [6, 6.07) is 0. The van der Waals surface area contributed by atoms with Gasteiger partial charge in [0.05, 0.1) is 5.92 Å². The number of likely N-dealkylation sites (N-methyl/N-ethyl adjacent to an activating group) is 1. The molecular weight excluding hydrogens is 334 g/mol. The molecule has 0 radical (unpaired) electrons. The van der Waals surface area contributed by atoms with E-state index in [2.05, 4.69) is 30.7 Å². The Hall–Kier alpha value is -1.53. The van der Waals surface area contributed by atoms with Crippen LogP contribution >= 0.6 is 12.6 Å². The van der Waals surface area contributed by atoms with Gasteiger partial charge < -0.3 is 9.64 Å². The predicted molar refractivity (Wildman–Crippen MR) is 105 cm³/mol. The summed E-state index contributed by atoms with van der Waals surface area (Å²) in [6.07, 6.45) is 7.12. The largest absolute Gasteiger partial charge is 0.475 e. The van der Waals surface area contributed by atoms with Crippen molar-refractivity contribution in [2.75, 3.05) is 32.4 Å². The molecule has 0 spiro atoms. The lowest BCUT2D eigenvalue weighted by Gasteiger charge is -2.34. The lowest BCUT2D eigenvalue weighted by Crippen LogP contribution is -2.42. The zero-order valence-electron chi connectivity index (χ0n) is 15.0. The Kier molecular flexibility index (Phi) is 7.32. The standard InChI is InChI=1S/C19H29N3O2S/c1-4-15-16(11-18(23)21(3)17(15)5-2)19(20)24-14(13-25)12-22-9-7-6-8-10-22/h4-5,14,16,20,25H,1-2,6-13H2,3H3. The smallest absolute Gasteiger partial charge is 0.227 e. The van der Waals surface area contributed by atoms with E-state index in [1.807, 2.05) is 0 Å². The second kappa shape index (κ2) is 9.25. The predicted octanol–water partition coefficient (Wildman–Crippen LogP) is 2.87. The van der Waals surface area contributed by atoms with Gasteiger partial charge in [-0.1, -0.05) is 25.7 Å². The Bertz CT molecular complexity index is 567. The van der Waals surface area contributed by atoms with Crippen molar-refractivity contribution in [3.05, 3.63) is 36.6 Å². The number of allylic oxidation sites excluding steroid dienone is 2. The van der Waals surface area contributed by atoms with Crippen molar-refractivity contribution in [1.29, 1.82) is 5.41 Å². The molecule has 0 aromatic rings. The summed E-state index contributed by atoms with van der Waals surface area (Å²) in [5, 5.41) is 8.43. The molecule has 138 valence electrons. The van der Waals surface area contributed by atoms with E-state index >= 15 is 0 Å². The summed E-state index contributed by atoms with van der Waals surface area (Å²) in [6.45, 7) is 10.6. The molecule has 2 unspecified atom stereocenters. The molecule has 2 heterocycles. The number of carbonyl (C=O) groups is 1. The molecule has 2 rings (SSSR count). The summed E-state index contributed by atoms with van der Waals surface area (Å²) >= 11 is 4.40. The van der Waals surface area contributed by atoms with Gasteiger partial charge >= 0.3 is 0 Å². The van der Waals surface area contributed by atoms with Crippen LogP contribution in [-0.4, -0.2) is 60.1 Å². The van der Waals surface area contributed by atoms with E-state index in [4.69, 9.17) is 10.1 Å². The third-order valence-electron chi connectivity index (χ3n) is 4.92. The summed E-state index contributed by atoms with van der Waals surface area (Å²) in [7, 11) is 1.72. The van der Waals surface area contributed by atoms with Crippen LogP contribution in [0.4, 0.5) is 0 Å². The van der Waals surface area contributed by atoms with E-state index < -0.39 is 5.92 Å². The third kappa shape index (κ3) is 4.76. The van der Waals surface area contributed by atoms with Crippen molar-refractivity contribution in [1.82, 2.24) is 9.80 Å². The molecule has 5 nitrogen and oxygen atoms in total.